The van der Waals surface area contributed by atoms with Crippen molar-refractivity contribution in [3.05, 3.63) is 28.3 Å². The Morgan fingerprint density at radius 1 is 1.38 bits per heavy atom. The number of nitrogens with two attached hydrogens (primary N) is 1. The summed E-state index contributed by atoms with van der Waals surface area (Å²) >= 11 is 1.31. The average Bonchev–Trinajstić information content (AvgIpc) is 2.82. The number of aromatic nitrogens is 2. The van der Waals surface area contributed by atoms with Crippen LogP contribution in [0.5, 0.6) is 0 Å². The van der Waals surface area contributed by atoms with Crippen LogP contribution in [0.3, 0.4) is 0 Å². The van der Waals surface area contributed by atoms with Gasteiger partial charge in [0.15, 0.2) is 0 Å². The van der Waals surface area contributed by atoms with Crippen LogP contribution in [0.25, 0.3) is 10.2 Å². The number of amides is 1. The van der Waals surface area contributed by atoms with Crippen molar-refractivity contribution >= 4 is 33.1 Å². The number of fused-ring (bicyclic) bond motifs is 1. The molecule has 1 aliphatic rings. The number of anilines is 1. The van der Waals surface area contributed by atoms with Crippen LogP contribution in [0.1, 0.15) is 40.2 Å². The number of nitrogens with one attached hydrogen (secondary N) is 1. The monoisotopic (exact) mass is 302 g/mol. The molecule has 1 aliphatic carbocycles. The molecule has 0 aliphatic heterocycles. The minimum atomic E-state index is -0.104. The van der Waals surface area contributed by atoms with Crippen molar-refractivity contribution < 1.29 is 4.79 Å². The van der Waals surface area contributed by atoms with Gasteiger partial charge in [-0.3, -0.25) is 4.79 Å². The summed E-state index contributed by atoms with van der Waals surface area (Å²) in [7, 11) is 0. The summed E-state index contributed by atoms with van der Waals surface area (Å²) in [4.78, 5) is 13.7. The van der Waals surface area contributed by atoms with Crippen LogP contribution >= 0.6 is 11.3 Å². The molecule has 0 aromatic carbocycles. The molecular formula is C15H18N4OS. The lowest BCUT2D eigenvalue weighted by atomic mass is 10.0. The van der Waals surface area contributed by atoms with E-state index in [1.807, 2.05) is 13.8 Å². The standard InChI is InChI=1S/C15H18N4OS/c1-8-9(2)18-19-15-11(8)12(16)13(21-15)14(20)17-10-6-4-3-5-7-10/h3-4,10H,5-7,16H2,1-2H3,(H,17,20). The van der Waals surface area contributed by atoms with E-state index in [0.717, 1.165) is 40.7 Å². The Morgan fingerprint density at radius 2 is 2.19 bits per heavy atom. The average molecular weight is 302 g/mol. The molecule has 1 unspecified atom stereocenters. The summed E-state index contributed by atoms with van der Waals surface area (Å²) in [6, 6.07) is 0.195. The molecule has 2 aromatic rings. The number of nitrogen functional groups attached to an aromatic ring is 1. The third-order valence-electron chi connectivity index (χ3n) is 3.95. The Morgan fingerprint density at radius 3 is 2.90 bits per heavy atom. The zero-order valence-electron chi connectivity index (χ0n) is 12.1. The number of rotatable bonds is 2. The lowest BCUT2D eigenvalue weighted by Gasteiger charge is -2.18. The summed E-state index contributed by atoms with van der Waals surface area (Å²) in [5.41, 5.74) is 8.54. The Balaban J connectivity index is 1.93. The number of nitrogens with zero attached hydrogens (tertiary/aromatic N) is 2. The fourth-order valence-corrected chi connectivity index (χ4v) is 3.59. The Labute approximate surface area is 127 Å². The van der Waals surface area contributed by atoms with Crippen molar-refractivity contribution in [1.82, 2.24) is 15.5 Å². The molecule has 0 spiro atoms. The highest BCUT2D eigenvalue weighted by atomic mass is 32.1. The summed E-state index contributed by atoms with van der Waals surface area (Å²) in [6.45, 7) is 3.86. The minimum Gasteiger partial charge on any atom is -0.397 e. The van der Waals surface area contributed by atoms with Gasteiger partial charge in [0, 0.05) is 11.4 Å². The van der Waals surface area contributed by atoms with Crippen LogP contribution in [-0.2, 0) is 0 Å². The number of thiophene rings is 1. The first-order chi connectivity index (χ1) is 10.1. The number of hydrogen-bond acceptors (Lipinski definition) is 5. The second-order valence-corrected chi connectivity index (χ2v) is 6.39. The fraction of sp³-hybridized carbons (Fsp3) is 0.400. The normalized spacial score (nSPS) is 18.1. The lowest BCUT2D eigenvalue weighted by Crippen LogP contribution is -2.35. The van der Waals surface area contributed by atoms with E-state index >= 15 is 0 Å². The number of allylic oxidation sites excluding steroid dienone is 1. The molecule has 0 bridgehead atoms. The molecule has 5 nitrogen and oxygen atoms in total. The first-order valence-corrected chi connectivity index (χ1v) is 7.87. The van der Waals surface area contributed by atoms with Crippen LogP contribution in [0.15, 0.2) is 12.2 Å². The number of aryl methyl sites for hydroxylation is 2. The van der Waals surface area contributed by atoms with Gasteiger partial charge in [-0.05, 0) is 38.7 Å². The summed E-state index contributed by atoms with van der Waals surface area (Å²) in [5, 5.41) is 12.2. The second-order valence-electron chi connectivity index (χ2n) is 5.39. The summed E-state index contributed by atoms with van der Waals surface area (Å²) < 4.78 is 0. The van der Waals surface area contributed by atoms with E-state index in [1.165, 1.54) is 11.3 Å². The number of carbonyl (C=O) groups excluding carboxylic acids is 1. The van der Waals surface area contributed by atoms with E-state index in [1.54, 1.807) is 0 Å². The molecular weight excluding hydrogens is 284 g/mol. The van der Waals surface area contributed by atoms with E-state index < -0.39 is 0 Å². The molecule has 2 heterocycles. The molecule has 6 heteroatoms. The van der Waals surface area contributed by atoms with Gasteiger partial charge in [-0.2, -0.15) is 5.10 Å². The van der Waals surface area contributed by atoms with Gasteiger partial charge < -0.3 is 11.1 Å². The van der Waals surface area contributed by atoms with Gasteiger partial charge in [0.1, 0.15) is 9.71 Å². The highest BCUT2D eigenvalue weighted by Crippen LogP contribution is 2.34. The minimum absolute atomic E-state index is 0.104. The lowest BCUT2D eigenvalue weighted by molar-refractivity contribution is 0.0939. The predicted molar refractivity (Wildman–Crippen MR) is 85.5 cm³/mol. The van der Waals surface area contributed by atoms with Gasteiger partial charge in [-0.25, -0.2) is 0 Å². The van der Waals surface area contributed by atoms with Gasteiger partial charge in [-0.15, -0.1) is 16.4 Å². The van der Waals surface area contributed by atoms with Crippen molar-refractivity contribution in [3.63, 3.8) is 0 Å². The summed E-state index contributed by atoms with van der Waals surface area (Å²) in [6.07, 6.45) is 7.13. The van der Waals surface area contributed by atoms with E-state index in [-0.39, 0.29) is 11.9 Å². The molecule has 0 saturated heterocycles. The van der Waals surface area contributed by atoms with Gasteiger partial charge in [0.05, 0.1) is 11.4 Å². The van der Waals surface area contributed by atoms with Gasteiger partial charge in [0.25, 0.3) is 5.91 Å². The van der Waals surface area contributed by atoms with Crippen molar-refractivity contribution in [2.24, 2.45) is 0 Å². The molecule has 110 valence electrons. The molecule has 1 atom stereocenters. The Bertz CT molecular complexity index is 735. The molecule has 0 radical (unpaired) electrons. The van der Waals surface area contributed by atoms with Crippen molar-refractivity contribution in [2.45, 2.75) is 39.2 Å². The zero-order valence-corrected chi connectivity index (χ0v) is 13.0. The molecule has 1 amide bonds. The SMILES string of the molecule is Cc1nnc2sc(C(=O)NC3CC=CCC3)c(N)c2c1C. The molecule has 21 heavy (non-hydrogen) atoms. The Hall–Kier alpha value is -1.95. The Kier molecular flexibility index (Phi) is 3.63. The molecule has 3 N–H and O–H groups in total. The van der Waals surface area contributed by atoms with Crippen molar-refractivity contribution in [3.8, 4) is 0 Å². The van der Waals surface area contributed by atoms with Crippen LogP contribution < -0.4 is 11.1 Å². The maximum Gasteiger partial charge on any atom is 0.263 e. The molecule has 3 rings (SSSR count). The summed E-state index contributed by atoms with van der Waals surface area (Å²) in [5.74, 6) is -0.104. The van der Waals surface area contributed by atoms with E-state index in [9.17, 15) is 4.79 Å². The number of carbonyl (C=O) groups is 1. The van der Waals surface area contributed by atoms with E-state index in [0.29, 0.717) is 10.6 Å². The van der Waals surface area contributed by atoms with Crippen LogP contribution in [0, 0.1) is 13.8 Å². The van der Waals surface area contributed by atoms with E-state index in [2.05, 4.69) is 27.7 Å². The largest absolute Gasteiger partial charge is 0.397 e. The van der Waals surface area contributed by atoms with Crippen LogP contribution in [0.2, 0.25) is 0 Å². The molecule has 0 fully saturated rings. The second kappa shape index (κ2) is 5.44. The molecule has 0 saturated carbocycles. The first kappa shape index (κ1) is 14.0. The molecule has 2 aromatic heterocycles. The van der Waals surface area contributed by atoms with Gasteiger partial charge >= 0.3 is 0 Å². The van der Waals surface area contributed by atoms with Crippen molar-refractivity contribution in [2.75, 3.05) is 5.73 Å². The van der Waals surface area contributed by atoms with Gasteiger partial charge in [0.2, 0.25) is 0 Å². The van der Waals surface area contributed by atoms with Crippen molar-refractivity contribution in [1.29, 1.82) is 0 Å². The maximum atomic E-state index is 12.4. The number of hydrogen-bond donors (Lipinski definition) is 2. The van der Waals surface area contributed by atoms with Gasteiger partial charge in [-0.1, -0.05) is 12.2 Å². The topological polar surface area (TPSA) is 80.9 Å². The van der Waals surface area contributed by atoms with Crippen LogP contribution in [-0.4, -0.2) is 22.1 Å². The maximum absolute atomic E-state index is 12.4. The smallest absolute Gasteiger partial charge is 0.263 e. The third kappa shape index (κ3) is 2.51. The zero-order chi connectivity index (χ0) is 15.0. The fourth-order valence-electron chi connectivity index (χ4n) is 2.58. The van der Waals surface area contributed by atoms with E-state index in [4.69, 9.17) is 5.73 Å². The predicted octanol–water partition coefficient (Wildman–Crippen LogP) is 2.73. The quantitative estimate of drug-likeness (QED) is 0.836. The third-order valence-corrected chi connectivity index (χ3v) is 5.03. The van der Waals surface area contributed by atoms with Crippen LogP contribution in [0.4, 0.5) is 5.69 Å². The highest BCUT2D eigenvalue weighted by molar-refractivity contribution is 7.21. The highest BCUT2D eigenvalue weighted by Gasteiger charge is 2.22. The first-order valence-electron chi connectivity index (χ1n) is 7.05.